The number of hydrogen-bond donors (Lipinski definition) is 1. The fourth-order valence-electron chi connectivity index (χ4n) is 3.06. The van der Waals surface area contributed by atoms with Crippen LogP contribution in [0.4, 0.5) is 0 Å². The molecular formula is C15H17IN2S. The Morgan fingerprint density at radius 2 is 2.42 bits per heavy atom. The average Bonchev–Trinajstić information content (AvgIpc) is 2.86. The van der Waals surface area contributed by atoms with Gasteiger partial charge in [0.1, 0.15) is 0 Å². The molecule has 0 saturated heterocycles. The van der Waals surface area contributed by atoms with Crippen molar-refractivity contribution in [2.75, 3.05) is 7.05 Å². The van der Waals surface area contributed by atoms with E-state index < -0.39 is 0 Å². The molecule has 0 bridgehead atoms. The maximum Gasteiger partial charge on any atom is 0.0656 e. The SMILES string of the molecule is CNC(c1csc(I)c1)C1CCCc2cccnc21. The summed E-state index contributed by atoms with van der Waals surface area (Å²) in [5, 5.41) is 5.78. The lowest BCUT2D eigenvalue weighted by atomic mass is 9.80. The van der Waals surface area contributed by atoms with Gasteiger partial charge in [0.25, 0.3) is 0 Å². The van der Waals surface area contributed by atoms with Gasteiger partial charge < -0.3 is 5.32 Å². The van der Waals surface area contributed by atoms with Crippen molar-refractivity contribution in [2.24, 2.45) is 0 Å². The lowest BCUT2D eigenvalue weighted by Crippen LogP contribution is -2.27. The minimum atomic E-state index is 0.383. The van der Waals surface area contributed by atoms with Gasteiger partial charge in [0.05, 0.1) is 2.88 Å². The summed E-state index contributed by atoms with van der Waals surface area (Å²) in [7, 11) is 2.06. The van der Waals surface area contributed by atoms with Crippen LogP contribution in [0.3, 0.4) is 0 Å². The third-order valence-electron chi connectivity index (χ3n) is 3.90. The highest BCUT2D eigenvalue weighted by atomic mass is 127. The summed E-state index contributed by atoms with van der Waals surface area (Å²) in [6, 6.07) is 6.97. The summed E-state index contributed by atoms with van der Waals surface area (Å²) in [6.07, 6.45) is 5.60. The third kappa shape index (κ3) is 2.71. The second-order valence-corrected chi connectivity index (χ2v) is 7.80. The Hall–Kier alpha value is -0.460. The Balaban J connectivity index is 1.97. The van der Waals surface area contributed by atoms with Crippen molar-refractivity contribution in [3.05, 3.63) is 49.5 Å². The van der Waals surface area contributed by atoms with E-state index >= 15 is 0 Å². The molecule has 0 amide bonds. The molecule has 0 radical (unpaired) electrons. The minimum Gasteiger partial charge on any atom is -0.312 e. The number of aryl methyl sites for hydroxylation is 1. The summed E-state index contributed by atoms with van der Waals surface area (Å²) < 4.78 is 1.35. The van der Waals surface area contributed by atoms with Crippen molar-refractivity contribution in [3.8, 4) is 0 Å². The van der Waals surface area contributed by atoms with E-state index in [2.05, 4.69) is 63.5 Å². The van der Waals surface area contributed by atoms with E-state index in [1.54, 1.807) is 0 Å². The number of nitrogens with one attached hydrogen (secondary N) is 1. The van der Waals surface area contributed by atoms with Crippen LogP contribution in [0.15, 0.2) is 29.8 Å². The smallest absolute Gasteiger partial charge is 0.0656 e. The maximum atomic E-state index is 4.66. The lowest BCUT2D eigenvalue weighted by molar-refractivity contribution is 0.416. The van der Waals surface area contributed by atoms with Crippen molar-refractivity contribution in [2.45, 2.75) is 31.2 Å². The Morgan fingerprint density at radius 3 is 3.16 bits per heavy atom. The van der Waals surface area contributed by atoms with E-state index in [4.69, 9.17) is 0 Å². The summed E-state index contributed by atoms with van der Waals surface area (Å²) in [4.78, 5) is 4.66. The van der Waals surface area contributed by atoms with Gasteiger partial charge >= 0.3 is 0 Å². The average molecular weight is 384 g/mol. The molecule has 1 aliphatic carbocycles. The zero-order chi connectivity index (χ0) is 13.2. The van der Waals surface area contributed by atoms with Gasteiger partial charge in [-0.25, -0.2) is 0 Å². The predicted molar refractivity (Wildman–Crippen MR) is 88.8 cm³/mol. The summed E-state index contributed by atoms with van der Waals surface area (Å²) in [5.74, 6) is 0.500. The van der Waals surface area contributed by atoms with Gasteiger partial charge in [0.2, 0.25) is 0 Å². The summed E-state index contributed by atoms with van der Waals surface area (Å²) in [5.41, 5.74) is 4.14. The molecule has 0 aliphatic heterocycles. The monoisotopic (exact) mass is 384 g/mol. The van der Waals surface area contributed by atoms with Crippen LogP contribution in [0.2, 0.25) is 0 Å². The predicted octanol–water partition coefficient (Wildman–Crippen LogP) is 4.13. The van der Waals surface area contributed by atoms with E-state index in [1.807, 2.05) is 17.5 Å². The zero-order valence-electron chi connectivity index (χ0n) is 10.9. The molecule has 4 heteroatoms. The first-order chi connectivity index (χ1) is 9.29. The normalized spacial score (nSPS) is 20.0. The second-order valence-electron chi connectivity index (χ2n) is 5.00. The molecule has 0 saturated carbocycles. The van der Waals surface area contributed by atoms with E-state index in [-0.39, 0.29) is 0 Å². The molecule has 2 atom stereocenters. The molecule has 2 nitrogen and oxygen atoms in total. The molecule has 2 heterocycles. The highest BCUT2D eigenvalue weighted by molar-refractivity contribution is 14.1. The number of pyridine rings is 1. The van der Waals surface area contributed by atoms with E-state index in [0.717, 1.165) is 0 Å². The number of aromatic nitrogens is 1. The van der Waals surface area contributed by atoms with Crippen LogP contribution in [0, 0.1) is 2.88 Å². The van der Waals surface area contributed by atoms with Crippen molar-refractivity contribution in [1.82, 2.24) is 10.3 Å². The Kier molecular flexibility index (Phi) is 4.19. The molecule has 100 valence electrons. The quantitative estimate of drug-likeness (QED) is 0.806. The van der Waals surface area contributed by atoms with Crippen LogP contribution < -0.4 is 5.32 Å². The van der Waals surface area contributed by atoms with E-state index in [9.17, 15) is 0 Å². The number of nitrogens with zero attached hydrogens (tertiary/aromatic N) is 1. The van der Waals surface area contributed by atoms with Crippen molar-refractivity contribution in [3.63, 3.8) is 0 Å². The minimum absolute atomic E-state index is 0.383. The molecule has 3 rings (SSSR count). The Labute approximate surface area is 131 Å². The maximum absolute atomic E-state index is 4.66. The zero-order valence-corrected chi connectivity index (χ0v) is 13.9. The van der Waals surface area contributed by atoms with Gasteiger partial charge in [-0.05, 0) is 77.5 Å². The van der Waals surface area contributed by atoms with Crippen LogP contribution in [-0.4, -0.2) is 12.0 Å². The number of thiophene rings is 1. The van der Waals surface area contributed by atoms with E-state index in [0.29, 0.717) is 12.0 Å². The molecule has 1 aliphatic rings. The van der Waals surface area contributed by atoms with Crippen molar-refractivity contribution in [1.29, 1.82) is 0 Å². The second kappa shape index (κ2) is 5.89. The number of fused-ring (bicyclic) bond motifs is 1. The van der Waals surface area contributed by atoms with Gasteiger partial charge in [-0.1, -0.05) is 6.07 Å². The van der Waals surface area contributed by atoms with Gasteiger partial charge in [0, 0.05) is 23.9 Å². The first-order valence-corrected chi connectivity index (χ1v) is 8.60. The van der Waals surface area contributed by atoms with Crippen LogP contribution in [0.25, 0.3) is 0 Å². The van der Waals surface area contributed by atoms with Gasteiger partial charge in [-0.3, -0.25) is 4.98 Å². The largest absolute Gasteiger partial charge is 0.312 e. The van der Waals surface area contributed by atoms with Crippen molar-refractivity contribution < 1.29 is 0 Å². The molecule has 2 unspecified atom stereocenters. The van der Waals surface area contributed by atoms with Gasteiger partial charge in [-0.15, -0.1) is 11.3 Å². The van der Waals surface area contributed by atoms with Crippen LogP contribution >= 0.6 is 33.9 Å². The number of rotatable bonds is 3. The van der Waals surface area contributed by atoms with Crippen molar-refractivity contribution >= 4 is 33.9 Å². The Morgan fingerprint density at radius 1 is 1.53 bits per heavy atom. The molecule has 2 aromatic heterocycles. The fourth-order valence-corrected chi connectivity index (χ4v) is 4.46. The Bertz CT molecular complexity index is 567. The molecule has 0 aromatic carbocycles. The standard InChI is InChI=1S/C15H17IN2S/c1-17-14(11-8-13(16)19-9-11)12-6-2-4-10-5-3-7-18-15(10)12/h3,5,7-9,12,14,17H,2,4,6H2,1H3. The lowest BCUT2D eigenvalue weighted by Gasteiger charge is -2.31. The first kappa shape index (κ1) is 13.5. The molecule has 0 fully saturated rings. The molecule has 0 spiro atoms. The van der Waals surface area contributed by atoms with E-state index in [1.165, 1.54) is 39.0 Å². The first-order valence-electron chi connectivity index (χ1n) is 6.64. The third-order valence-corrected chi connectivity index (χ3v) is 5.71. The van der Waals surface area contributed by atoms with Crippen LogP contribution in [-0.2, 0) is 6.42 Å². The van der Waals surface area contributed by atoms with Gasteiger partial charge in [0.15, 0.2) is 0 Å². The topological polar surface area (TPSA) is 24.9 Å². The summed E-state index contributed by atoms with van der Waals surface area (Å²) in [6.45, 7) is 0. The number of hydrogen-bond acceptors (Lipinski definition) is 3. The molecule has 1 N–H and O–H groups in total. The summed E-state index contributed by atoms with van der Waals surface area (Å²) >= 11 is 4.22. The van der Waals surface area contributed by atoms with Crippen LogP contribution in [0.1, 0.15) is 41.6 Å². The van der Waals surface area contributed by atoms with Gasteiger partial charge in [-0.2, -0.15) is 0 Å². The number of halogens is 1. The highest BCUT2D eigenvalue weighted by Gasteiger charge is 2.29. The number of likely N-dealkylation sites (N-methyl/N-ethyl adjacent to an activating group) is 1. The van der Waals surface area contributed by atoms with Crippen LogP contribution in [0.5, 0.6) is 0 Å². The molecule has 2 aromatic rings. The highest BCUT2D eigenvalue weighted by Crippen LogP contribution is 2.40. The molecule has 19 heavy (non-hydrogen) atoms. The molecular weight excluding hydrogens is 367 g/mol. The fraction of sp³-hybridized carbons (Fsp3) is 0.400.